The summed E-state index contributed by atoms with van der Waals surface area (Å²) in [6.45, 7) is 5.58. The van der Waals surface area contributed by atoms with Crippen LogP contribution in [0.4, 0.5) is 19.3 Å². The van der Waals surface area contributed by atoms with Gasteiger partial charge in [-0.25, -0.2) is 13.6 Å². The number of hydrogen-bond donors (Lipinski definition) is 3. The first-order valence-corrected chi connectivity index (χ1v) is 10.4. The highest BCUT2D eigenvalue weighted by molar-refractivity contribution is 5.94. The molecule has 0 saturated heterocycles. The average molecular weight is 437 g/mol. The lowest BCUT2D eigenvalue weighted by atomic mass is 9.69. The number of aliphatic hydroxyl groups is 1. The lowest BCUT2D eigenvalue weighted by Gasteiger charge is -2.40. The number of anilines is 1. The van der Waals surface area contributed by atoms with E-state index >= 15 is 0 Å². The summed E-state index contributed by atoms with van der Waals surface area (Å²) in [6, 6.07) is 12.0. The van der Waals surface area contributed by atoms with E-state index in [4.69, 9.17) is 0 Å². The predicted octanol–water partition coefficient (Wildman–Crippen LogP) is 5.24. The van der Waals surface area contributed by atoms with E-state index in [9.17, 15) is 18.7 Å². The van der Waals surface area contributed by atoms with Crippen LogP contribution in [-0.2, 0) is 5.41 Å². The molecular formula is C25H25F2N3O2. The van der Waals surface area contributed by atoms with Crippen LogP contribution >= 0.6 is 0 Å². The van der Waals surface area contributed by atoms with Gasteiger partial charge in [-0.3, -0.25) is 4.98 Å². The van der Waals surface area contributed by atoms with Crippen molar-refractivity contribution in [3.63, 3.8) is 0 Å². The molecule has 0 bridgehead atoms. The molecule has 0 fully saturated rings. The Bertz CT molecular complexity index is 1170. The fourth-order valence-corrected chi connectivity index (χ4v) is 4.33. The van der Waals surface area contributed by atoms with E-state index < -0.39 is 35.2 Å². The Kier molecular flexibility index (Phi) is 5.69. The number of fused-ring (bicyclic) bond motifs is 1. The molecule has 32 heavy (non-hydrogen) atoms. The van der Waals surface area contributed by atoms with Crippen molar-refractivity contribution in [1.82, 2.24) is 10.3 Å². The van der Waals surface area contributed by atoms with Crippen LogP contribution in [0.25, 0.3) is 11.3 Å². The molecule has 2 amide bonds. The smallest absolute Gasteiger partial charge is 0.319 e. The summed E-state index contributed by atoms with van der Waals surface area (Å²) in [5, 5.41) is 16.3. The van der Waals surface area contributed by atoms with Crippen molar-refractivity contribution in [3.05, 3.63) is 83.1 Å². The van der Waals surface area contributed by atoms with Crippen molar-refractivity contribution in [1.29, 1.82) is 0 Å². The number of hydrogen-bond acceptors (Lipinski definition) is 3. The van der Waals surface area contributed by atoms with Gasteiger partial charge in [0, 0.05) is 11.8 Å². The second-order valence-corrected chi connectivity index (χ2v) is 8.86. The fraction of sp³-hybridized carbons (Fsp3) is 0.280. The van der Waals surface area contributed by atoms with E-state index in [2.05, 4.69) is 15.6 Å². The van der Waals surface area contributed by atoms with Crippen molar-refractivity contribution in [2.75, 3.05) is 5.32 Å². The molecule has 4 rings (SSSR count). The number of nitrogens with one attached hydrogen (secondary N) is 2. The molecule has 3 aromatic rings. The van der Waals surface area contributed by atoms with E-state index in [1.807, 2.05) is 51.1 Å². The number of urea groups is 1. The highest BCUT2D eigenvalue weighted by Crippen LogP contribution is 2.42. The fourth-order valence-electron chi connectivity index (χ4n) is 4.33. The summed E-state index contributed by atoms with van der Waals surface area (Å²) in [6.07, 6.45) is 1.04. The van der Waals surface area contributed by atoms with Crippen LogP contribution < -0.4 is 10.6 Å². The van der Waals surface area contributed by atoms with E-state index in [0.29, 0.717) is 22.5 Å². The molecule has 1 heterocycles. The third-order valence-electron chi connectivity index (χ3n) is 5.87. The molecule has 3 N–H and O–H groups in total. The first kappa shape index (κ1) is 21.9. The average Bonchev–Trinajstić information content (AvgIpc) is 2.73. The standard InChI is InChI=1S/C25H25F2N3O2/c1-14-9-20(22(28-13-14)15-7-5-4-6-8-15)29-24(32)30-23-16-10-18(26)19(27)11-17(16)25(2,3)12-21(23)31/h4-11,13,21,23,31H,12H2,1-3H3,(H2,29,30,32)/t21-,23+/m0/s1. The maximum Gasteiger partial charge on any atom is 0.319 e. The lowest BCUT2D eigenvalue weighted by Crippen LogP contribution is -2.45. The Balaban J connectivity index is 1.63. The maximum absolute atomic E-state index is 14.0. The van der Waals surface area contributed by atoms with Gasteiger partial charge >= 0.3 is 6.03 Å². The molecule has 0 spiro atoms. The zero-order chi connectivity index (χ0) is 23.0. The number of benzene rings is 2. The van der Waals surface area contributed by atoms with E-state index in [0.717, 1.165) is 23.3 Å². The summed E-state index contributed by atoms with van der Waals surface area (Å²) in [5.74, 6) is -1.97. The van der Waals surface area contributed by atoms with Crippen LogP contribution in [0.2, 0.25) is 0 Å². The molecule has 1 aliphatic carbocycles. The summed E-state index contributed by atoms with van der Waals surface area (Å²) < 4.78 is 28.0. The van der Waals surface area contributed by atoms with Gasteiger partial charge in [0.05, 0.1) is 23.5 Å². The number of carbonyl (C=O) groups excluding carboxylic acids is 1. The second-order valence-electron chi connectivity index (χ2n) is 8.86. The van der Waals surface area contributed by atoms with Gasteiger partial charge in [0.25, 0.3) is 0 Å². The quantitative estimate of drug-likeness (QED) is 0.525. The first-order valence-electron chi connectivity index (χ1n) is 10.4. The van der Waals surface area contributed by atoms with Gasteiger partial charge in [0.2, 0.25) is 0 Å². The van der Waals surface area contributed by atoms with Crippen LogP contribution in [0.3, 0.4) is 0 Å². The zero-order valence-corrected chi connectivity index (χ0v) is 18.1. The molecule has 0 radical (unpaired) electrons. The molecule has 166 valence electrons. The summed E-state index contributed by atoms with van der Waals surface area (Å²) in [7, 11) is 0. The van der Waals surface area contributed by atoms with Crippen LogP contribution in [-0.4, -0.2) is 22.2 Å². The maximum atomic E-state index is 14.0. The SMILES string of the molecule is Cc1cnc(-c2ccccc2)c(NC(=O)N[C@@H]2c3cc(F)c(F)cc3C(C)(C)C[C@@H]2O)c1. The minimum Gasteiger partial charge on any atom is -0.391 e. The molecule has 2 aromatic carbocycles. The van der Waals surface area contributed by atoms with Crippen LogP contribution in [0.1, 0.15) is 43.0 Å². The van der Waals surface area contributed by atoms with Crippen molar-refractivity contribution in [2.45, 2.75) is 44.8 Å². The summed E-state index contributed by atoms with van der Waals surface area (Å²) >= 11 is 0. The monoisotopic (exact) mass is 437 g/mol. The summed E-state index contributed by atoms with van der Waals surface area (Å²) in [4.78, 5) is 17.4. The Morgan fingerprint density at radius 2 is 1.81 bits per heavy atom. The van der Waals surface area contributed by atoms with E-state index in [-0.39, 0.29) is 6.42 Å². The minimum atomic E-state index is -1.02. The highest BCUT2D eigenvalue weighted by Gasteiger charge is 2.40. The topological polar surface area (TPSA) is 74.2 Å². The van der Waals surface area contributed by atoms with Gasteiger partial charge in [0.1, 0.15) is 0 Å². The van der Waals surface area contributed by atoms with Gasteiger partial charge in [-0.05, 0) is 53.6 Å². The number of amides is 2. The number of carbonyl (C=O) groups is 1. The zero-order valence-electron chi connectivity index (χ0n) is 18.1. The Labute approximate surface area is 185 Å². The number of aliphatic hydroxyl groups excluding tert-OH is 1. The molecule has 0 saturated carbocycles. The van der Waals surface area contributed by atoms with Crippen molar-refractivity contribution >= 4 is 11.7 Å². The van der Waals surface area contributed by atoms with Gasteiger partial charge in [-0.15, -0.1) is 0 Å². The van der Waals surface area contributed by atoms with Crippen molar-refractivity contribution in [2.24, 2.45) is 0 Å². The van der Waals surface area contributed by atoms with Crippen LogP contribution in [0.15, 0.2) is 54.7 Å². The van der Waals surface area contributed by atoms with Crippen LogP contribution in [0.5, 0.6) is 0 Å². The molecule has 2 atom stereocenters. The molecule has 0 aliphatic heterocycles. The van der Waals surface area contributed by atoms with E-state index in [1.54, 1.807) is 12.3 Å². The number of nitrogens with zero attached hydrogens (tertiary/aromatic N) is 1. The number of aromatic nitrogens is 1. The predicted molar refractivity (Wildman–Crippen MR) is 119 cm³/mol. The van der Waals surface area contributed by atoms with Gasteiger partial charge < -0.3 is 15.7 Å². The van der Waals surface area contributed by atoms with Gasteiger partial charge in [-0.1, -0.05) is 44.2 Å². The molecular weight excluding hydrogens is 412 g/mol. The number of aryl methyl sites for hydroxylation is 1. The highest BCUT2D eigenvalue weighted by atomic mass is 19.2. The third-order valence-corrected chi connectivity index (χ3v) is 5.87. The Morgan fingerprint density at radius 3 is 2.53 bits per heavy atom. The first-order chi connectivity index (χ1) is 15.2. The molecule has 1 aliphatic rings. The van der Waals surface area contributed by atoms with Gasteiger partial charge in [-0.2, -0.15) is 0 Å². The molecule has 1 aromatic heterocycles. The second kappa shape index (κ2) is 8.31. The Morgan fingerprint density at radius 1 is 1.12 bits per heavy atom. The number of halogens is 2. The molecule has 7 heteroatoms. The summed E-state index contributed by atoms with van der Waals surface area (Å²) in [5.41, 5.74) is 3.17. The number of pyridine rings is 1. The normalized spacial score (nSPS) is 19.2. The molecule has 5 nitrogen and oxygen atoms in total. The lowest BCUT2D eigenvalue weighted by molar-refractivity contribution is 0.0878. The van der Waals surface area contributed by atoms with E-state index in [1.165, 1.54) is 0 Å². The largest absolute Gasteiger partial charge is 0.391 e. The van der Waals surface area contributed by atoms with Gasteiger partial charge in [0.15, 0.2) is 11.6 Å². The van der Waals surface area contributed by atoms with Crippen LogP contribution in [0, 0.1) is 18.6 Å². The third kappa shape index (κ3) is 4.21. The minimum absolute atomic E-state index is 0.289. The molecule has 0 unspecified atom stereocenters. The van der Waals surface area contributed by atoms with Crippen molar-refractivity contribution < 1.29 is 18.7 Å². The number of rotatable bonds is 3. The Hall–Kier alpha value is -3.32. The van der Waals surface area contributed by atoms with Crippen molar-refractivity contribution in [3.8, 4) is 11.3 Å².